The van der Waals surface area contributed by atoms with Crippen molar-refractivity contribution in [3.8, 4) is 11.8 Å². The number of carbonyl (C=O) groups excluding carboxylic acids is 1. The lowest BCUT2D eigenvalue weighted by atomic mass is 10.1. The van der Waals surface area contributed by atoms with Crippen LogP contribution in [0, 0.1) is 11.3 Å². The van der Waals surface area contributed by atoms with Gasteiger partial charge in [0.05, 0.1) is 0 Å². The third-order valence-electron chi connectivity index (χ3n) is 3.91. The zero-order chi connectivity index (χ0) is 19.8. The Kier molecular flexibility index (Phi) is 6.61. The molecule has 0 radical (unpaired) electrons. The van der Waals surface area contributed by atoms with Crippen LogP contribution in [0.2, 0.25) is 0 Å². The predicted octanol–water partition coefficient (Wildman–Crippen LogP) is 5.57. The summed E-state index contributed by atoms with van der Waals surface area (Å²) in [4.78, 5) is 12.5. The summed E-state index contributed by atoms with van der Waals surface area (Å²) in [6.07, 6.45) is 1.53. The fourth-order valence-corrected chi connectivity index (χ4v) is 2.90. The Morgan fingerprint density at radius 1 is 1.04 bits per heavy atom. The van der Waals surface area contributed by atoms with Gasteiger partial charge in [-0.15, -0.1) is 0 Å². The van der Waals surface area contributed by atoms with Crippen molar-refractivity contribution in [2.45, 2.75) is 6.61 Å². The van der Waals surface area contributed by atoms with E-state index < -0.39 is 5.91 Å². The summed E-state index contributed by atoms with van der Waals surface area (Å²) in [6, 6.07) is 26.2. The second-order valence-electron chi connectivity index (χ2n) is 5.95. The lowest BCUT2D eigenvalue weighted by Crippen LogP contribution is -2.13. The zero-order valence-electron chi connectivity index (χ0n) is 14.9. The first kappa shape index (κ1) is 19.4. The van der Waals surface area contributed by atoms with E-state index in [2.05, 4.69) is 21.2 Å². The molecule has 3 aromatic carbocycles. The number of ether oxygens (including phenoxy) is 1. The lowest BCUT2D eigenvalue weighted by Gasteiger charge is -2.11. The lowest BCUT2D eigenvalue weighted by molar-refractivity contribution is -0.112. The summed E-state index contributed by atoms with van der Waals surface area (Å²) in [7, 11) is 0. The fourth-order valence-electron chi connectivity index (χ4n) is 2.52. The van der Waals surface area contributed by atoms with E-state index in [-0.39, 0.29) is 5.57 Å². The average Bonchev–Trinajstić information content (AvgIpc) is 2.72. The number of nitriles is 1. The van der Waals surface area contributed by atoms with Crippen LogP contribution in [0.25, 0.3) is 6.08 Å². The third kappa shape index (κ3) is 5.32. The van der Waals surface area contributed by atoms with Crippen LogP contribution >= 0.6 is 15.9 Å². The van der Waals surface area contributed by atoms with Crippen molar-refractivity contribution in [1.29, 1.82) is 5.26 Å². The van der Waals surface area contributed by atoms with Crippen LogP contribution in [0.5, 0.6) is 5.75 Å². The first-order chi connectivity index (χ1) is 13.7. The van der Waals surface area contributed by atoms with Crippen molar-refractivity contribution in [1.82, 2.24) is 0 Å². The summed E-state index contributed by atoms with van der Waals surface area (Å²) in [6.45, 7) is 0.390. The van der Waals surface area contributed by atoms with Crippen LogP contribution < -0.4 is 10.1 Å². The van der Waals surface area contributed by atoms with Gasteiger partial charge in [0, 0.05) is 15.7 Å². The molecule has 0 saturated carbocycles. The molecule has 138 valence electrons. The maximum atomic E-state index is 12.5. The topological polar surface area (TPSA) is 62.1 Å². The SMILES string of the molecule is N#C/C(=C/c1cc(Br)ccc1OCc1ccccc1)C(=O)Nc1ccccc1. The van der Waals surface area contributed by atoms with E-state index in [0.717, 1.165) is 10.0 Å². The molecule has 0 unspecified atom stereocenters. The molecule has 0 heterocycles. The van der Waals surface area contributed by atoms with Crippen molar-refractivity contribution in [2.24, 2.45) is 0 Å². The molecule has 5 heteroatoms. The second kappa shape index (κ2) is 9.54. The molecule has 1 N–H and O–H groups in total. The largest absolute Gasteiger partial charge is 0.488 e. The molecule has 3 aromatic rings. The fraction of sp³-hybridized carbons (Fsp3) is 0.0435. The molecule has 0 aliphatic heterocycles. The van der Waals surface area contributed by atoms with Gasteiger partial charge in [0.1, 0.15) is 24.0 Å². The average molecular weight is 433 g/mol. The number of nitrogens with zero attached hydrogens (tertiary/aromatic N) is 1. The Labute approximate surface area is 172 Å². The molecule has 3 rings (SSSR count). The first-order valence-electron chi connectivity index (χ1n) is 8.60. The minimum Gasteiger partial charge on any atom is -0.488 e. The van der Waals surface area contributed by atoms with E-state index in [4.69, 9.17) is 4.74 Å². The van der Waals surface area contributed by atoms with Crippen LogP contribution in [0.3, 0.4) is 0 Å². The molecule has 0 atom stereocenters. The van der Waals surface area contributed by atoms with Crippen LogP contribution in [0.1, 0.15) is 11.1 Å². The van der Waals surface area contributed by atoms with E-state index in [0.29, 0.717) is 23.6 Å². The Bertz CT molecular complexity index is 1030. The van der Waals surface area contributed by atoms with Crippen LogP contribution in [0.4, 0.5) is 5.69 Å². The molecular formula is C23H17BrN2O2. The molecule has 0 bridgehead atoms. The van der Waals surface area contributed by atoms with Gasteiger partial charge in [0.15, 0.2) is 0 Å². The Morgan fingerprint density at radius 2 is 1.71 bits per heavy atom. The van der Waals surface area contributed by atoms with Crippen molar-refractivity contribution in [3.05, 3.63) is 100 Å². The number of amides is 1. The van der Waals surface area contributed by atoms with Gasteiger partial charge in [-0.2, -0.15) is 5.26 Å². The van der Waals surface area contributed by atoms with Gasteiger partial charge in [0.2, 0.25) is 0 Å². The van der Waals surface area contributed by atoms with E-state index in [1.54, 1.807) is 12.1 Å². The van der Waals surface area contributed by atoms with Crippen molar-refractivity contribution >= 4 is 33.6 Å². The van der Waals surface area contributed by atoms with Crippen LogP contribution in [-0.4, -0.2) is 5.91 Å². The molecule has 0 fully saturated rings. The number of benzene rings is 3. The molecule has 0 aromatic heterocycles. The summed E-state index contributed by atoms with van der Waals surface area (Å²) in [5, 5.41) is 12.2. The van der Waals surface area contributed by atoms with E-state index in [9.17, 15) is 10.1 Å². The monoisotopic (exact) mass is 432 g/mol. The minimum absolute atomic E-state index is 0.00786. The highest BCUT2D eigenvalue weighted by molar-refractivity contribution is 9.10. The summed E-state index contributed by atoms with van der Waals surface area (Å²) >= 11 is 3.43. The Hall–Kier alpha value is -3.36. The molecular weight excluding hydrogens is 416 g/mol. The molecule has 1 amide bonds. The molecule has 4 nitrogen and oxygen atoms in total. The van der Waals surface area contributed by atoms with Gasteiger partial charge in [-0.05, 0) is 42.0 Å². The molecule has 28 heavy (non-hydrogen) atoms. The summed E-state index contributed by atoms with van der Waals surface area (Å²) in [5.41, 5.74) is 2.29. The van der Waals surface area contributed by atoms with E-state index >= 15 is 0 Å². The van der Waals surface area contributed by atoms with Gasteiger partial charge in [0.25, 0.3) is 5.91 Å². The number of nitrogens with one attached hydrogen (secondary N) is 1. The number of carbonyl (C=O) groups is 1. The normalized spacial score (nSPS) is 10.8. The first-order valence-corrected chi connectivity index (χ1v) is 9.39. The number of para-hydroxylation sites is 1. The number of anilines is 1. The minimum atomic E-state index is -0.470. The number of hydrogen-bond donors (Lipinski definition) is 1. The Balaban J connectivity index is 1.83. The maximum Gasteiger partial charge on any atom is 0.266 e. The highest BCUT2D eigenvalue weighted by Gasteiger charge is 2.12. The van der Waals surface area contributed by atoms with Crippen LogP contribution in [0.15, 0.2) is 88.9 Å². The molecule has 0 saturated heterocycles. The van der Waals surface area contributed by atoms with E-state index in [1.807, 2.05) is 72.8 Å². The van der Waals surface area contributed by atoms with Crippen molar-refractivity contribution in [3.63, 3.8) is 0 Å². The summed E-state index contributed by atoms with van der Waals surface area (Å²) in [5.74, 6) is 0.120. The van der Waals surface area contributed by atoms with Gasteiger partial charge in [-0.3, -0.25) is 4.79 Å². The van der Waals surface area contributed by atoms with Gasteiger partial charge >= 0.3 is 0 Å². The van der Waals surface area contributed by atoms with Gasteiger partial charge in [-0.25, -0.2) is 0 Å². The van der Waals surface area contributed by atoms with E-state index in [1.165, 1.54) is 6.08 Å². The molecule has 0 aliphatic carbocycles. The third-order valence-corrected chi connectivity index (χ3v) is 4.40. The standard InChI is InChI=1S/C23H17BrN2O2/c24-20-11-12-22(28-16-17-7-3-1-4-8-17)18(14-20)13-19(15-25)23(27)26-21-9-5-2-6-10-21/h1-14H,16H2,(H,26,27)/b19-13-. The maximum absolute atomic E-state index is 12.5. The molecule has 0 aliphatic rings. The highest BCUT2D eigenvalue weighted by Crippen LogP contribution is 2.26. The van der Waals surface area contributed by atoms with Crippen LogP contribution in [-0.2, 0) is 11.4 Å². The predicted molar refractivity (Wildman–Crippen MR) is 114 cm³/mol. The van der Waals surface area contributed by atoms with Crippen molar-refractivity contribution < 1.29 is 9.53 Å². The second-order valence-corrected chi connectivity index (χ2v) is 6.86. The quantitative estimate of drug-likeness (QED) is 0.408. The molecule has 0 spiro atoms. The highest BCUT2D eigenvalue weighted by atomic mass is 79.9. The number of hydrogen-bond acceptors (Lipinski definition) is 3. The van der Waals surface area contributed by atoms with Gasteiger partial charge < -0.3 is 10.1 Å². The summed E-state index contributed by atoms with van der Waals surface area (Å²) < 4.78 is 6.74. The number of halogens is 1. The van der Waals surface area contributed by atoms with Gasteiger partial charge in [-0.1, -0.05) is 64.5 Å². The number of rotatable bonds is 6. The smallest absolute Gasteiger partial charge is 0.266 e. The Morgan fingerprint density at radius 3 is 2.39 bits per heavy atom. The zero-order valence-corrected chi connectivity index (χ0v) is 16.5. The van der Waals surface area contributed by atoms with Crippen molar-refractivity contribution in [2.75, 3.05) is 5.32 Å².